The van der Waals surface area contributed by atoms with Gasteiger partial charge in [-0.15, -0.1) is 0 Å². The van der Waals surface area contributed by atoms with Crippen LogP contribution in [0.15, 0.2) is 24.3 Å². The Bertz CT molecular complexity index is 394. The van der Waals surface area contributed by atoms with E-state index in [1.165, 1.54) is 0 Å². The Kier molecular flexibility index (Phi) is 5.54. The highest BCUT2D eigenvalue weighted by molar-refractivity contribution is 8.00. The molecule has 0 aliphatic rings. The third-order valence-corrected chi connectivity index (χ3v) is 5.03. The van der Waals surface area contributed by atoms with Gasteiger partial charge in [-0.3, -0.25) is 0 Å². The number of carbonyl (C=O) groups is 1. The second-order valence-corrected chi connectivity index (χ2v) is 5.61. The second-order valence-electron chi connectivity index (χ2n) is 4.33. The minimum Gasteiger partial charge on any atom is -0.478 e. The van der Waals surface area contributed by atoms with E-state index in [1.54, 1.807) is 18.2 Å². The fourth-order valence-corrected chi connectivity index (χ4v) is 2.68. The van der Waals surface area contributed by atoms with Gasteiger partial charge in [0.2, 0.25) is 0 Å². The summed E-state index contributed by atoms with van der Waals surface area (Å²) in [4.78, 5) is 10.9. The maximum atomic E-state index is 10.9. The van der Waals surface area contributed by atoms with Gasteiger partial charge in [-0.1, -0.05) is 19.9 Å². The Morgan fingerprint density at radius 3 is 2.56 bits per heavy atom. The molecule has 4 heteroatoms. The first-order valence-corrected chi connectivity index (χ1v) is 7.41. The van der Waals surface area contributed by atoms with Crippen LogP contribution in [0.2, 0.25) is 0 Å². The molecule has 0 heterocycles. The van der Waals surface area contributed by atoms with Crippen LogP contribution in [-0.4, -0.2) is 28.6 Å². The smallest absolute Gasteiger partial charge is 0.335 e. The zero-order chi connectivity index (χ0) is 13.6. The lowest BCUT2D eigenvalue weighted by Crippen LogP contribution is -2.32. The molecular weight excluding hydrogens is 246 g/mol. The third kappa shape index (κ3) is 3.67. The van der Waals surface area contributed by atoms with Gasteiger partial charge >= 0.3 is 5.97 Å². The topological polar surface area (TPSA) is 49.3 Å². The molecule has 0 aliphatic heterocycles. The molecule has 2 N–H and O–H groups in total. The van der Waals surface area contributed by atoms with E-state index in [9.17, 15) is 4.79 Å². The van der Waals surface area contributed by atoms with Crippen LogP contribution in [0.3, 0.4) is 0 Å². The molecule has 0 bridgehead atoms. The highest BCUT2D eigenvalue weighted by atomic mass is 32.2. The van der Waals surface area contributed by atoms with Crippen LogP contribution in [0.5, 0.6) is 0 Å². The van der Waals surface area contributed by atoms with Crippen molar-refractivity contribution < 1.29 is 9.90 Å². The van der Waals surface area contributed by atoms with Crippen LogP contribution in [0, 0.1) is 0 Å². The van der Waals surface area contributed by atoms with E-state index in [0.29, 0.717) is 5.56 Å². The number of rotatable bonds is 7. The van der Waals surface area contributed by atoms with Crippen molar-refractivity contribution >= 4 is 23.4 Å². The van der Waals surface area contributed by atoms with E-state index in [2.05, 4.69) is 25.4 Å². The molecule has 0 atom stereocenters. The molecule has 18 heavy (non-hydrogen) atoms. The van der Waals surface area contributed by atoms with Crippen LogP contribution < -0.4 is 5.32 Å². The molecule has 0 radical (unpaired) electrons. The molecular formula is C14H21NO2S. The average molecular weight is 267 g/mol. The fraction of sp³-hybridized carbons (Fsp3) is 0.500. The Hall–Kier alpha value is -1.16. The fourth-order valence-electron chi connectivity index (χ4n) is 1.89. The first-order valence-electron chi connectivity index (χ1n) is 6.19. The second kappa shape index (κ2) is 6.69. The van der Waals surface area contributed by atoms with E-state index in [-0.39, 0.29) is 4.75 Å². The average Bonchev–Trinajstić information content (AvgIpc) is 2.41. The lowest BCUT2D eigenvalue weighted by molar-refractivity contribution is 0.0697. The van der Waals surface area contributed by atoms with Crippen molar-refractivity contribution in [2.45, 2.75) is 31.4 Å². The molecule has 0 saturated heterocycles. The summed E-state index contributed by atoms with van der Waals surface area (Å²) in [7, 11) is 0. The number of thioether (sulfide) groups is 1. The van der Waals surface area contributed by atoms with Gasteiger partial charge in [0.05, 0.1) is 5.56 Å². The largest absolute Gasteiger partial charge is 0.478 e. The lowest BCUT2D eigenvalue weighted by Gasteiger charge is -2.30. The van der Waals surface area contributed by atoms with Gasteiger partial charge in [0, 0.05) is 17.0 Å². The quantitative estimate of drug-likeness (QED) is 0.790. The minimum absolute atomic E-state index is 0.221. The summed E-state index contributed by atoms with van der Waals surface area (Å²) in [5.41, 5.74) is 1.19. The van der Waals surface area contributed by atoms with Crippen molar-refractivity contribution in [2.24, 2.45) is 0 Å². The van der Waals surface area contributed by atoms with Gasteiger partial charge in [0.15, 0.2) is 0 Å². The molecule has 0 aromatic heterocycles. The van der Waals surface area contributed by atoms with E-state index < -0.39 is 5.97 Å². The van der Waals surface area contributed by atoms with Crippen molar-refractivity contribution in [1.82, 2.24) is 0 Å². The zero-order valence-corrected chi connectivity index (χ0v) is 12.0. The van der Waals surface area contributed by atoms with Crippen molar-refractivity contribution in [2.75, 3.05) is 18.1 Å². The van der Waals surface area contributed by atoms with Crippen LogP contribution >= 0.6 is 11.8 Å². The summed E-state index contributed by atoms with van der Waals surface area (Å²) in [6.07, 6.45) is 4.31. The number of aromatic carboxylic acids is 1. The Morgan fingerprint density at radius 2 is 2.06 bits per heavy atom. The summed E-state index contributed by atoms with van der Waals surface area (Å²) < 4.78 is 0.221. The van der Waals surface area contributed by atoms with Crippen LogP contribution in [-0.2, 0) is 0 Å². The van der Waals surface area contributed by atoms with Crippen molar-refractivity contribution in [1.29, 1.82) is 0 Å². The molecule has 100 valence electrons. The lowest BCUT2D eigenvalue weighted by atomic mass is 10.0. The zero-order valence-electron chi connectivity index (χ0n) is 11.2. The summed E-state index contributed by atoms with van der Waals surface area (Å²) >= 11 is 1.87. The molecule has 0 fully saturated rings. The highest BCUT2D eigenvalue weighted by Crippen LogP contribution is 2.30. The summed E-state index contributed by atoms with van der Waals surface area (Å²) in [6.45, 7) is 5.23. The third-order valence-electron chi connectivity index (χ3n) is 3.45. The normalized spacial score (nSPS) is 11.3. The van der Waals surface area contributed by atoms with Crippen LogP contribution in [0.4, 0.5) is 5.69 Å². The number of anilines is 1. The van der Waals surface area contributed by atoms with Crippen LogP contribution in [0.25, 0.3) is 0 Å². The van der Waals surface area contributed by atoms with Gasteiger partial charge in [-0.05, 0) is 37.3 Å². The van der Waals surface area contributed by atoms with E-state index in [4.69, 9.17) is 5.11 Å². The molecule has 1 rings (SSSR count). The first-order chi connectivity index (χ1) is 8.56. The van der Waals surface area contributed by atoms with Gasteiger partial charge in [0.1, 0.15) is 0 Å². The predicted molar refractivity (Wildman–Crippen MR) is 78.7 cm³/mol. The summed E-state index contributed by atoms with van der Waals surface area (Å²) in [6, 6.07) is 6.96. The number of benzene rings is 1. The maximum Gasteiger partial charge on any atom is 0.335 e. The first kappa shape index (κ1) is 14.9. The van der Waals surface area contributed by atoms with E-state index >= 15 is 0 Å². The molecule has 0 saturated carbocycles. The maximum absolute atomic E-state index is 10.9. The Balaban J connectivity index is 2.73. The molecule has 0 amide bonds. The Morgan fingerprint density at radius 1 is 1.39 bits per heavy atom. The van der Waals surface area contributed by atoms with Gasteiger partial charge < -0.3 is 10.4 Å². The Labute approximate surface area is 113 Å². The van der Waals surface area contributed by atoms with Gasteiger partial charge in [-0.25, -0.2) is 4.79 Å². The highest BCUT2D eigenvalue weighted by Gasteiger charge is 2.24. The van der Waals surface area contributed by atoms with Gasteiger partial charge in [-0.2, -0.15) is 11.8 Å². The molecule has 1 aromatic rings. The van der Waals surface area contributed by atoms with Crippen molar-refractivity contribution in [3.05, 3.63) is 29.8 Å². The number of nitrogens with one attached hydrogen (secondary N) is 1. The molecule has 0 aliphatic carbocycles. The van der Waals surface area contributed by atoms with E-state index in [1.807, 2.05) is 17.8 Å². The van der Waals surface area contributed by atoms with Crippen molar-refractivity contribution in [3.63, 3.8) is 0 Å². The molecule has 0 unspecified atom stereocenters. The molecule has 0 spiro atoms. The molecule has 3 nitrogen and oxygen atoms in total. The molecule has 1 aromatic carbocycles. The number of hydrogen-bond donors (Lipinski definition) is 2. The number of carboxylic acids is 1. The van der Waals surface area contributed by atoms with E-state index in [0.717, 1.165) is 25.1 Å². The van der Waals surface area contributed by atoms with Crippen LogP contribution in [0.1, 0.15) is 37.0 Å². The summed E-state index contributed by atoms with van der Waals surface area (Å²) in [5.74, 6) is -0.888. The number of hydrogen-bond acceptors (Lipinski definition) is 3. The standard InChI is InChI=1S/C14H21NO2S/c1-4-14(5-2,18-3)10-15-12-8-6-7-11(9-12)13(16)17/h6-9,15H,4-5,10H2,1-3H3,(H,16,17). The summed E-state index contributed by atoms with van der Waals surface area (Å²) in [5, 5.41) is 12.3. The van der Waals surface area contributed by atoms with Gasteiger partial charge in [0.25, 0.3) is 0 Å². The SMILES string of the molecule is CCC(CC)(CNc1cccc(C(=O)O)c1)SC. The predicted octanol–water partition coefficient (Wildman–Crippen LogP) is 3.72. The number of carboxylic acid groups (broad SMARTS) is 1. The monoisotopic (exact) mass is 267 g/mol. The minimum atomic E-state index is -0.888. The van der Waals surface area contributed by atoms with Crippen molar-refractivity contribution in [3.8, 4) is 0 Å².